The van der Waals surface area contributed by atoms with Gasteiger partial charge in [0.05, 0.1) is 12.7 Å². The molecule has 2 aromatic carbocycles. The molecule has 1 N–H and O–H groups in total. The summed E-state index contributed by atoms with van der Waals surface area (Å²) < 4.78 is 29.0. The topological polar surface area (TPSA) is 55.4 Å². The summed E-state index contributed by atoms with van der Waals surface area (Å²) in [6, 6.07) is 12.1. The summed E-state index contributed by atoms with van der Waals surface area (Å²) in [5.74, 6) is -3.33. The number of methoxy groups -OCH3 is 1. The maximum Gasteiger partial charge on any atom is 0.337 e. The van der Waals surface area contributed by atoms with Crippen molar-refractivity contribution in [2.75, 3.05) is 12.4 Å². The molecule has 0 spiro atoms. The molecule has 7 heteroatoms. The summed E-state index contributed by atoms with van der Waals surface area (Å²) in [4.78, 5) is 23.8. The van der Waals surface area contributed by atoms with E-state index in [1.165, 1.54) is 43.5 Å². The smallest absolute Gasteiger partial charge is 0.337 e. The van der Waals surface area contributed by atoms with Crippen molar-refractivity contribution in [1.29, 1.82) is 0 Å². The molecule has 2 rings (SSSR count). The number of alkyl halides is 2. The van der Waals surface area contributed by atoms with Crippen LogP contribution in [0.4, 0.5) is 14.5 Å². The first-order chi connectivity index (χ1) is 11.0. The number of amides is 1. The zero-order chi connectivity index (χ0) is 16.8. The van der Waals surface area contributed by atoms with Gasteiger partial charge < -0.3 is 10.1 Å². The van der Waals surface area contributed by atoms with Crippen LogP contribution in [-0.2, 0) is 4.74 Å². The molecular formula is C16H13F2NO3S. The summed E-state index contributed by atoms with van der Waals surface area (Å²) in [5, 5.41) is 2.65. The number of ether oxygens (including phenoxy) is 1. The first-order valence-electron chi connectivity index (χ1n) is 6.54. The van der Waals surface area contributed by atoms with Crippen LogP contribution in [-0.4, -0.2) is 24.7 Å². The minimum absolute atomic E-state index is 0.345. The van der Waals surface area contributed by atoms with Crippen molar-refractivity contribution in [2.24, 2.45) is 0 Å². The molecule has 0 saturated carbocycles. The number of benzene rings is 2. The summed E-state index contributed by atoms with van der Waals surface area (Å²) in [7, 11) is 1.28. The van der Waals surface area contributed by atoms with E-state index < -0.39 is 11.7 Å². The van der Waals surface area contributed by atoms with E-state index in [2.05, 4.69) is 10.1 Å². The van der Waals surface area contributed by atoms with E-state index in [9.17, 15) is 18.4 Å². The number of hydrogen-bond acceptors (Lipinski definition) is 4. The Morgan fingerprint density at radius 3 is 2.09 bits per heavy atom. The van der Waals surface area contributed by atoms with Gasteiger partial charge in [-0.3, -0.25) is 4.79 Å². The fraction of sp³-hybridized carbons (Fsp3) is 0.125. The molecule has 120 valence electrons. The van der Waals surface area contributed by atoms with Crippen molar-refractivity contribution >= 4 is 29.3 Å². The predicted molar refractivity (Wildman–Crippen MR) is 84.0 cm³/mol. The van der Waals surface area contributed by atoms with Crippen molar-refractivity contribution in [2.45, 2.75) is 10.7 Å². The lowest BCUT2D eigenvalue weighted by atomic mass is 10.1. The largest absolute Gasteiger partial charge is 0.465 e. The van der Waals surface area contributed by atoms with Crippen LogP contribution in [0.3, 0.4) is 0 Å². The van der Waals surface area contributed by atoms with Crippen molar-refractivity contribution in [3.05, 3.63) is 59.7 Å². The van der Waals surface area contributed by atoms with Gasteiger partial charge in [-0.25, -0.2) is 4.79 Å². The minimum atomic E-state index is -2.48. The monoisotopic (exact) mass is 337 g/mol. The van der Waals surface area contributed by atoms with Crippen molar-refractivity contribution in [3.8, 4) is 0 Å². The second kappa shape index (κ2) is 7.73. The Hall–Kier alpha value is -2.41. The highest BCUT2D eigenvalue weighted by Gasteiger charge is 2.10. The van der Waals surface area contributed by atoms with Crippen LogP contribution in [0.5, 0.6) is 0 Å². The number of thioether (sulfide) groups is 1. The molecule has 0 bridgehead atoms. The van der Waals surface area contributed by atoms with Crippen LogP contribution in [0.15, 0.2) is 53.4 Å². The molecule has 4 nitrogen and oxygen atoms in total. The number of halogens is 2. The molecule has 0 aliphatic heterocycles. The van der Waals surface area contributed by atoms with Gasteiger partial charge in [-0.2, -0.15) is 8.78 Å². The molecule has 2 aromatic rings. The number of carbonyl (C=O) groups excluding carboxylic acids is 2. The summed E-state index contributed by atoms with van der Waals surface area (Å²) in [5.41, 5.74) is 1.20. The molecule has 0 heterocycles. The third-order valence-electron chi connectivity index (χ3n) is 2.91. The van der Waals surface area contributed by atoms with Gasteiger partial charge in [0.1, 0.15) is 0 Å². The van der Waals surface area contributed by atoms with E-state index >= 15 is 0 Å². The highest BCUT2D eigenvalue weighted by atomic mass is 32.2. The molecule has 1 amide bonds. The zero-order valence-electron chi connectivity index (χ0n) is 12.1. The van der Waals surface area contributed by atoms with Gasteiger partial charge in [0, 0.05) is 16.1 Å². The van der Waals surface area contributed by atoms with E-state index in [0.717, 1.165) is 0 Å². The summed E-state index contributed by atoms with van der Waals surface area (Å²) in [6.07, 6.45) is 0. The highest BCUT2D eigenvalue weighted by molar-refractivity contribution is 7.99. The van der Waals surface area contributed by atoms with Gasteiger partial charge in [0.25, 0.3) is 11.7 Å². The predicted octanol–water partition coefficient (Wildman–Crippen LogP) is 4.04. The van der Waals surface area contributed by atoms with Gasteiger partial charge >= 0.3 is 5.97 Å². The van der Waals surface area contributed by atoms with Crippen LogP contribution in [0.2, 0.25) is 0 Å². The lowest BCUT2D eigenvalue weighted by molar-refractivity contribution is 0.0600. The van der Waals surface area contributed by atoms with Gasteiger partial charge in [-0.1, -0.05) is 11.8 Å². The highest BCUT2D eigenvalue weighted by Crippen LogP contribution is 2.26. The zero-order valence-corrected chi connectivity index (χ0v) is 12.9. The van der Waals surface area contributed by atoms with Crippen molar-refractivity contribution in [1.82, 2.24) is 0 Å². The van der Waals surface area contributed by atoms with E-state index in [1.54, 1.807) is 12.1 Å². The Kier molecular flexibility index (Phi) is 5.70. The Morgan fingerprint density at radius 1 is 1.00 bits per heavy atom. The van der Waals surface area contributed by atoms with Gasteiger partial charge in [-0.15, -0.1) is 0 Å². The third kappa shape index (κ3) is 4.79. The Balaban J connectivity index is 2.02. The molecular weight excluding hydrogens is 324 g/mol. The van der Waals surface area contributed by atoms with Crippen LogP contribution >= 0.6 is 11.8 Å². The second-order valence-corrected chi connectivity index (χ2v) is 5.49. The maximum absolute atomic E-state index is 12.2. The van der Waals surface area contributed by atoms with Crippen LogP contribution < -0.4 is 5.32 Å². The molecule has 0 unspecified atom stereocenters. The molecule has 0 aromatic heterocycles. The van der Waals surface area contributed by atoms with Crippen LogP contribution in [0.25, 0.3) is 0 Å². The maximum atomic E-state index is 12.2. The van der Waals surface area contributed by atoms with Gasteiger partial charge in [0.15, 0.2) is 0 Å². The fourth-order valence-electron chi connectivity index (χ4n) is 1.80. The number of nitrogens with one attached hydrogen (secondary N) is 1. The van der Waals surface area contributed by atoms with Gasteiger partial charge in [0.2, 0.25) is 0 Å². The Morgan fingerprint density at radius 2 is 1.57 bits per heavy atom. The number of carbonyl (C=O) groups is 2. The molecule has 0 aliphatic carbocycles. The molecule has 0 radical (unpaired) electrons. The normalized spacial score (nSPS) is 10.4. The fourth-order valence-corrected chi connectivity index (χ4v) is 2.30. The Bertz CT molecular complexity index is 687. The number of rotatable bonds is 5. The van der Waals surface area contributed by atoms with Crippen molar-refractivity contribution < 1.29 is 23.1 Å². The summed E-state index contributed by atoms with van der Waals surface area (Å²) in [6.45, 7) is 0. The molecule has 0 aliphatic rings. The molecule has 0 atom stereocenters. The molecule has 0 fully saturated rings. The van der Waals surface area contributed by atoms with E-state index in [4.69, 9.17) is 0 Å². The van der Waals surface area contributed by atoms with E-state index in [1.807, 2.05) is 0 Å². The van der Waals surface area contributed by atoms with Crippen molar-refractivity contribution in [3.63, 3.8) is 0 Å². The van der Waals surface area contributed by atoms with Crippen LogP contribution in [0, 0.1) is 0 Å². The quantitative estimate of drug-likeness (QED) is 0.661. The second-order valence-electron chi connectivity index (χ2n) is 4.43. The SMILES string of the molecule is COC(=O)c1ccc(C(=O)Nc2ccc(SC(F)F)cc2)cc1. The standard InChI is InChI=1S/C16H13F2NO3S/c1-22-15(21)11-4-2-10(3-5-11)14(20)19-12-6-8-13(9-7-12)23-16(17)18/h2-9,16H,1H3,(H,19,20). The molecule has 23 heavy (non-hydrogen) atoms. The first-order valence-corrected chi connectivity index (χ1v) is 7.42. The lowest BCUT2D eigenvalue weighted by Gasteiger charge is -2.07. The lowest BCUT2D eigenvalue weighted by Crippen LogP contribution is -2.12. The average Bonchev–Trinajstić information content (AvgIpc) is 2.55. The number of esters is 1. The summed E-state index contributed by atoms with van der Waals surface area (Å²) >= 11 is 0.439. The van der Waals surface area contributed by atoms with Crippen LogP contribution in [0.1, 0.15) is 20.7 Å². The van der Waals surface area contributed by atoms with E-state index in [0.29, 0.717) is 33.5 Å². The van der Waals surface area contributed by atoms with E-state index in [-0.39, 0.29) is 5.91 Å². The number of hydrogen-bond donors (Lipinski definition) is 1. The third-order valence-corrected chi connectivity index (χ3v) is 3.63. The average molecular weight is 337 g/mol. The minimum Gasteiger partial charge on any atom is -0.465 e. The first kappa shape index (κ1) is 17.0. The number of anilines is 1. The Labute approximate surface area is 135 Å². The van der Waals surface area contributed by atoms with Gasteiger partial charge in [-0.05, 0) is 48.5 Å². The molecule has 0 saturated heterocycles.